The maximum atomic E-state index is 14.0. The van der Waals surface area contributed by atoms with Gasteiger partial charge in [0.05, 0.1) is 6.04 Å². The van der Waals surface area contributed by atoms with E-state index in [1.807, 2.05) is 12.1 Å². The van der Waals surface area contributed by atoms with Crippen LogP contribution in [0.3, 0.4) is 0 Å². The quantitative estimate of drug-likeness (QED) is 0.846. The second-order valence-electron chi connectivity index (χ2n) is 6.58. The number of fused-ring (bicyclic) bond motifs is 1. The average molecular weight is 385 g/mol. The van der Waals surface area contributed by atoms with Crippen LogP contribution >= 0.6 is 11.8 Å². The van der Waals surface area contributed by atoms with Crippen molar-refractivity contribution in [1.82, 2.24) is 10.3 Å². The molecule has 27 heavy (non-hydrogen) atoms. The van der Waals surface area contributed by atoms with E-state index in [0.717, 1.165) is 23.3 Å². The standard InChI is InChI=1S/C20H20FN3O2S/c1-11-13(12(2)23-20(26)15(11)10-22)6-7-18(25)24-17-8-9-27-19-14(17)4-3-5-16(19)21/h3-5,17H,6-9H2,1-2H3,(H,23,26)(H,24,25). The fraction of sp³-hybridized carbons (Fsp3) is 0.350. The van der Waals surface area contributed by atoms with Crippen molar-refractivity contribution in [3.05, 3.63) is 62.3 Å². The van der Waals surface area contributed by atoms with Gasteiger partial charge in [0.25, 0.3) is 5.56 Å². The Balaban J connectivity index is 1.72. The maximum absolute atomic E-state index is 14.0. The Kier molecular flexibility index (Phi) is 5.66. The molecule has 0 spiro atoms. The fourth-order valence-electron chi connectivity index (χ4n) is 3.46. The van der Waals surface area contributed by atoms with Crippen molar-refractivity contribution in [1.29, 1.82) is 5.26 Å². The molecule has 0 radical (unpaired) electrons. The molecule has 140 valence electrons. The number of rotatable bonds is 4. The molecule has 0 fully saturated rings. The van der Waals surface area contributed by atoms with Crippen LogP contribution in [0.2, 0.25) is 0 Å². The Hall–Kier alpha value is -2.59. The van der Waals surface area contributed by atoms with Gasteiger partial charge in [-0.05, 0) is 49.4 Å². The largest absolute Gasteiger partial charge is 0.349 e. The zero-order valence-corrected chi connectivity index (χ0v) is 16.0. The van der Waals surface area contributed by atoms with Gasteiger partial charge in [-0.3, -0.25) is 9.59 Å². The Morgan fingerprint density at radius 1 is 1.44 bits per heavy atom. The molecule has 1 aliphatic heterocycles. The molecule has 1 aliphatic rings. The summed E-state index contributed by atoms with van der Waals surface area (Å²) in [6.45, 7) is 3.49. The predicted octanol–water partition coefficient (Wildman–Crippen LogP) is 3.29. The molecule has 5 nitrogen and oxygen atoms in total. The van der Waals surface area contributed by atoms with Crippen molar-refractivity contribution >= 4 is 17.7 Å². The molecule has 7 heteroatoms. The summed E-state index contributed by atoms with van der Waals surface area (Å²) >= 11 is 1.48. The number of hydrogen-bond acceptors (Lipinski definition) is 4. The first-order valence-electron chi connectivity index (χ1n) is 8.75. The van der Waals surface area contributed by atoms with Crippen LogP contribution < -0.4 is 10.9 Å². The number of amides is 1. The van der Waals surface area contributed by atoms with Crippen molar-refractivity contribution < 1.29 is 9.18 Å². The van der Waals surface area contributed by atoms with E-state index in [1.54, 1.807) is 19.9 Å². The first-order valence-corrected chi connectivity index (χ1v) is 9.74. The Morgan fingerprint density at radius 3 is 2.96 bits per heavy atom. The lowest BCUT2D eigenvalue weighted by atomic mass is 9.98. The summed E-state index contributed by atoms with van der Waals surface area (Å²) in [5.41, 5.74) is 2.61. The highest BCUT2D eigenvalue weighted by molar-refractivity contribution is 7.99. The van der Waals surface area contributed by atoms with E-state index >= 15 is 0 Å². The molecule has 0 saturated carbocycles. The normalized spacial score (nSPS) is 15.7. The minimum Gasteiger partial charge on any atom is -0.349 e. The number of aromatic amines is 1. The van der Waals surface area contributed by atoms with E-state index in [4.69, 9.17) is 5.26 Å². The monoisotopic (exact) mass is 385 g/mol. The van der Waals surface area contributed by atoms with Gasteiger partial charge in [-0.25, -0.2) is 4.39 Å². The highest BCUT2D eigenvalue weighted by atomic mass is 32.2. The number of nitrogens with one attached hydrogen (secondary N) is 2. The van der Waals surface area contributed by atoms with Gasteiger partial charge in [-0.2, -0.15) is 5.26 Å². The van der Waals surface area contributed by atoms with Gasteiger partial charge in [-0.15, -0.1) is 11.8 Å². The molecular formula is C20H20FN3O2S. The van der Waals surface area contributed by atoms with Crippen LogP contribution in [0, 0.1) is 31.0 Å². The molecule has 1 aromatic heterocycles. The number of aromatic nitrogens is 1. The second-order valence-corrected chi connectivity index (χ2v) is 7.69. The number of thioether (sulfide) groups is 1. The third-order valence-electron chi connectivity index (χ3n) is 4.88. The molecule has 2 heterocycles. The van der Waals surface area contributed by atoms with Crippen LogP contribution in [0.25, 0.3) is 0 Å². The van der Waals surface area contributed by atoms with Crippen LogP contribution in [0.1, 0.15) is 46.8 Å². The van der Waals surface area contributed by atoms with Crippen LogP contribution in [0.15, 0.2) is 27.9 Å². The first-order chi connectivity index (χ1) is 12.9. The zero-order chi connectivity index (χ0) is 19.6. The number of H-pyrrole nitrogens is 1. The van der Waals surface area contributed by atoms with Gasteiger partial charge in [0.15, 0.2) is 0 Å². The third kappa shape index (κ3) is 3.91. The number of carbonyl (C=O) groups is 1. The van der Waals surface area contributed by atoms with Gasteiger partial charge in [-0.1, -0.05) is 12.1 Å². The molecule has 2 N–H and O–H groups in total. The number of nitrogens with zero attached hydrogens (tertiary/aromatic N) is 1. The Labute approximate surface area is 161 Å². The predicted molar refractivity (Wildman–Crippen MR) is 102 cm³/mol. The van der Waals surface area contributed by atoms with E-state index in [9.17, 15) is 14.0 Å². The summed E-state index contributed by atoms with van der Waals surface area (Å²) in [6.07, 6.45) is 1.40. The molecule has 0 saturated heterocycles. The summed E-state index contributed by atoms with van der Waals surface area (Å²) in [7, 11) is 0. The molecule has 3 rings (SSSR count). The maximum Gasteiger partial charge on any atom is 0.266 e. The second kappa shape index (κ2) is 7.97. The first kappa shape index (κ1) is 19.2. The highest BCUT2D eigenvalue weighted by Crippen LogP contribution is 2.37. The lowest BCUT2D eigenvalue weighted by Crippen LogP contribution is -2.31. The van der Waals surface area contributed by atoms with Gasteiger partial charge >= 0.3 is 0 Å². The summed E-state index contributed by atoms with van der Waals surface area (Å²) in [5.74, 6) is 0.369. The molecule has 2 aromatic rings. The van der Waals surface area contributed by atoms with Crippen molar-refractivity contribution in [3.63, 3.8) is 0 Å². The van der Waals surface area contributed by atoms with Crippen molar-refractivity contribution in [2.24, 2.45) is 0 Å². The van der Waals surface area contributed by atoms with Gasteiger partial charge in [0.2, 0.25) is 5.91 Å². The Morgan fingerprint density at radius 2 is 2.22 bits per heavy atom. The lowest BCUT2D eigenvalue weighted by molar-refractivity contribution is -0.121. The molecule has 0 aliphatic carbocycles. The van der Waals surface area contributed by atoms with E-state index in [-0.39, 0.29) is 29.8 Å². The number of carbonyl (C=O) groups excluding carboxylic acids is 1. The fourth-order valence-corrected chi connectivity index (χ4v) is 4.60. The van der Waals surface area contributed by atoms with Gasteiger partial charge in [0, 0.05) is 22.8 Å². The number of nitriles is 1. The van der Waals surface area contributed by atoms with E-state index in [1.165, 1.54) is 17.8 Å². The van der Waals surface area contributed by atoms with E-state index < -0.39 is 5.56 Å². The SMILES string of the molecule is Cc1[nH]c(=O)c(C#N)c(C)c1CCC(=O)NC1CCSc2c(F)cccc21. The lowest BCUT2D eigenvalue weighted by Gasteiger charge is -2.26. The number of pyridine rings is 1. The minimum atomic E-state index is -0.404. The van der Waals surface area contributed by atoms with Crippen molar-refractivity contribution in [3.8, 4) is 6.07 Å². The Bertz CT molecular complexity index is 994. The van der Waals surface area contributed by atoms with Gasteiger partial charge < -0.3 is 10.3 Å². The third-order valence-corrected chi connectivity index (χ3v) is 6.04. The molecule has 1 amide bonds. The molecule has 1 unspecified atom stereocenters. The average Bonchev–Trinajstić information content (AvgIpc) is 2.62. The number of hydrogen-bond donors (Lipinski definition) is 2. The summed E-state index contributed by atoms with van der Waals surface area (Å²) in [5, 5.41) is 12.1. The van der Waals surface area contributed by atoms with Crippen molar-refractivity contribution in [2.75, 3.05) is 5.75 Å². The minimum absolute atomic E-state index is 0.0877. The molecule has 1 atom stereocenters. The smallest absolute Gasteiger partial charge is 0.266 e. The van der Waals surface area contributed by atoms with Crippen LogP contribution in [-0.4, -0.2) is 16.6 Å². The number of halogens is 1. The molecule has 0 bridgehead atoms. The van der Waals surface area contributed by atoms with E-state index in [2.05, 4.69) is 10.3 Å². The van der Waals surface area contributed by atoms with Crippen molar-refractivity contribution in [2.45, 2.75) is 44.0 Å². The molecular weight excluding hydrogens is 365 g/mol. The number of benzene rings is 1. The topological polar surface area (TPSA) is 85.8 Å². The highest BCUT2D eigenvalue weighted by Gasteiger charge is 2.24. The van der Waals surface area contributed by atoms with Crippen LogP contribution in [0.4, 0.5) is 4.39 Å². The van der Waals surface area contributed by atoms with E-state index in [0.29, 0.717) is 22.6 Å². The number of aryl methyl sites for hydroxylation is 1. The van der Waals surface area contributed by atoms with Crippen LogP contribution in [0.5, 0.6) is 0 Å². The zero-order valence-electron chi connectivity index (χ0n) is 15.2. The van der Waals surface area contributed by atoms with Crippen LogP contribution in [-0.2, 0) is 11.2 Å². The molecule has 1 aromatic carbocycles. The van der Waals surface area contributed by atoms with Gasteiger partial charge in [0.1, 0.15) is 17.4 Å². The summed E-state index contributed by atoms with van der Waals surface area (Å²) in [6, 6.07) is 6.67. The summed E-state index contributed by atoms with van der Waals surface area (Å²) in [4.78, 5) is 27.6. The summed E-state index contributed by atoms with van der Waals surface area (Å²) < 4.78 is 14.0.